The van der Waals surface area contributed by atoms with Gasteiger partial charge in [-0.05, 0) is 32.0 Å². The van der Waals surface area contributed by atoms with Crippen LogP contribution in [0.1, 0.15) is 11.3 Å². The highest BCUT2D eigenvalue weighted by molar-refractivity contribution is 5.55. The van der Waals surface area contributed by atoms with Crippen molar-refractivity contribution in [2.75, 3.05) is 0 Å². The lowest BCUT2D eigenvalue weighted by molar-refractivity contribution is -0.384. The Morgan fingerprint density at radius 2 is 1.84 bits per heavy atom. The minimum atomic E-state index is -0.503. The van der Waals surface area contributed by atoms with Crippen molar-refractivity contribution in [2.24, 2.45) is 10.2 Å². The number of hydrogen-bond acceptors (Lipinski definition) is 6. The molecule has 0 saturated carbocycles. The molecule has 8 heteroatoms. The summed E-state index contributed by atoms with van der Waals surface area (Å²) in [6, 6.07) is 13.3. The SMILES string of the molecule is Cc1ccc(-n2nc(C)c(N=Nc3cccc([N+](=O)[O-])c3)c2O)cc1. The molecule has 0 bridgehead atoms. The molecule has 0 amide bonds. The van der Waals surface area contributed by atoms with E-state index in [0.29, 0.717) is 17.1 Å². The number of benzene rings is 2. The number of aryl methyl sites for hydroxylation is 2. The fourth-order valence-corrected chi connectivity index (χ4v) is 2.27. The Hall–Kier alpha value is -3.55. The van der Waals surface area contributed by atoms with Crippen molar-refractivity contribution in [3.63, 3.8) is 0 Å². The van der Waals surface area contributed by atoms with Crippen molar-refractivity contribution in [1.82, 2.24) is 9.78 Å². The lowest BCUT2D eigenvalue weighted by atomic mass is 10.2. The fourth-order valence-electron chi connectivity index (χ4n) is 2.27. The third kappa shape index (κ3) is 3.37. The highest BCUT2D eigenvalue weighted by Gasteiger charge is 2.15. The van der Waals surface area contributed by atoms with Crippen molar-refractivity contribution in [2.45, 2.75) is 13.8 Å². The van der Waals surface area contributed by atoms with Gasteiger partial charge in [-0.1, -0.05) is 23.8 Å². The molecular weight excluding hydrogens is 322 g/mol. The first-order valence-electron chi connectivity index (χ1n) is 7.47. The molecular formula is C17H15N5O3. The summed E-state index contributed by atoms with van der Waals surface area (Å²) in [6.07, 6.45) is 0. The van der Waals surface area contributed by atoms with Crippen molar-refractivity contribution in [3.8, 4) is 11.6 Å². The van der Waals surface area contributed by atoms with Crippen LogP contribution in [0.4, 0.5) is 17.1 Å². The van der Waals surface area contributed by atoms with Crippen LogP contribution in [-0.4, -0.2) is 19.8 Å². The zero-order valence-corrected chi connectivity index (χ0v) is 13.6. The first-order chi connectivity index (χ1) is 12.0. The van der Waals surface area contributed by atoms with Gasteiger partial charge >= 0.3 is 0 Å². The maximum absolute atomic E-state index is 10.8. The lowest BCUT2D eigenvalue weighted by Gasteiger charge is -2.03. The quantitative estimate of drug-likeness (QED) is 0.429. The summed E-state index contributed by atoms with van der Waals surface area (Å²) in [7, 11) is 0. The second kappa shape index (κ2) is 6.52. The molecule has 3 rings (SSSR count). The zero-order chi connectivity index (χ0) is 18.0. The first kappa shape index (κ1) is 16.3. The van der Waals surface area contributed by atoms with E-state index in [1.54, 1.807) is 13.0 Å². The topological polar surface area (TPSA) is 106 Å². The molecule has 3 aromatic rings. The molecule has 25 heavy (non-hydrogen) atoms. The number of aromatic nitrogens is 2. The van der Waals surface area contributed by atoms with Crippen LogP contribution in [0, 0.1) is 24.0 Å². The molecule has 0 saturated heterocycles. The normalized spacial score (nSPS) is 11.1. The van der Waals surface area contributed by atoms with Gasteiger partial charge in [-0.3, -0.25) is 10.1 Å². The second-order valence-electron chi connectivity index (χ2n) is 5.48. The Morgan fingerprint density at radius 3 is 2.52 bits per heavy atom. The lowest BCUT2D eigenvalue weighted by Crippen LogP contribution is -1.95. The fraction of sp³-hybridized carbons (Fsp3) is 0.118. The Kier molecular flexibility index (Phi) is 4.25. The number of nitro groups is 1. The van der Waals surface area contributed by atoms with Gasteiger partial charge in [-0.15, -0.1) is 5.11 Å². The van der Waals surface area contributed by atoms with Crippen LogP contribution in [0.2, 0.25) is 0 Å². The minimum Gasteiger partial charge on any atom is -0.492 e. The molecule has 1 heterocycles. The number of azo groups is 1. The molecule has 0 radical (unpaired) electrons. The standard InChI is InChI=1S/C17H15N5O3/c1-11-6-8-14(9-7-11)21-17(23)16(12(2)20-21)19-18-13-4-3-5-15(10-13)22(24)25/h3-10,23H,1-2H3. The van der Waals surface area contributed by atoms with E-state index in [1.807, 2.05) is 31.2 Å². The Balaban J connectivity index is 1.94. The monoisotopic (exact) mass is 337 g/mol. The molecule has 0 aliphatic rings. The number of rotatable bonds is 4. The molecule has 0 unspecified atom stereocenters. The van der Waals surface area contributed by atoms with E-state index in [1.165, 1.54) is 22.9 Å². The summed E-state index contributed by atoms with van der Waals surface area (Å²) in [5.74, 6) is -0.143. The largest absolute Gasteiger partial charge is 0.492 e. The van der Waals surface area contributed by atoms with Crippen molar-refractivity contribution in [1.29, 1.82) is 0 Å². The zero-order valence-electron chi connectivity index (χ0n) is 13.6. The van der Waals surface area contributed by atoms with Crippen LogP contribution < -0.4 is 0 Å². The van der Waals surface area contributed by atoms with Crippen LogP contribution in [-0.2, 0) is 0 Å². The smallest absolute Gasteiger partial charge is 0.271 e. The summed E-state index contributed by atoms with van der Waals surface area (Å²) in [5.41, 5.74) is 2.74. The average molecular weight is 337 g/mol. The van der Waals surface area contributed by atoms with E-state index in [9.17, 15) is 15.2 Å². The summed E-state index contributed by atoms with van der Waals surface area (Å²) < 4.78 is 1.37. The molecule has 1 aromatic heterocycles. The average Bonchev–Trinajstić information content (AvgIpc) is 2.88. The Labute approximate surface area is 143 Å². The van der Waals surface area contributed by atoms with E-state index in [4.69, 9.17) is 0 Å². The van der Waals surface area contributed by atoms with Gasteiger partial charge in [-0.25, -0.2) is 0 Å². The van der Waals surface area contributed by atoms with Crippen molar-refractivity contribution in [3.05, 3.63) is 69.9 Å². The van der Waals surface area contributed by atoms with Gasteiger partial charge in [0.15, 0.2) is 5.69 Å². The van der Waals surface area contributed by atoms with Gasteiger partial charge in [-0.2, -0.15) is 14.9 Å². The van der Waals surface area contributed by atoms with Crippen LogP contribution >= 0.6 is 0 Å². The van der Waals surface area contributed by atoms with E-state index >= 15 is 0 Å². The molecule has 8 nitrogen and oxygen atoms in total. The van der Waals surface area contributed by atoms with Crippen LogP contribution in [0.25, 0.3) is 5.69 Å². The van der Waals surface area contributed by atoms with Gasteiger partial charge in [0.1, 0.15) is 0 Å². The highest BCUT2D eigenvalue weighted by Crippen LogP contribution is 2.34. The molecule has 2 aromatic carbocycles. The third-order valence-corrected chi connectivity index (χ3v) is 3.59. The molecule has 0 aliphatic heterocycles. The Bertz CT molecular complexity index is 961. The minimum absolute atomic E-state index is 0.0762. The molecule has 126 valence electrons. The number of aromatic hydroxyl groups is 1. The first-order valence-corrected chi connectivity index (χ1v) is 7.47. The maximum Gasteiger partial charge on any atom is 0.271 e. The van der Waals surface area contributed by atoms with Gasteiger partial charge in [0.2, 0.25) is 5.88 Å². The van der Waals surface area contributed by atoms with Gasteiger partial charge in [0.25, 0.3) is 5.69 Å². The van der Waals surface area contributed by atoms with Crippen molar-refractivity contribution >= 4 is 17.1 Å². The van der Waals surface area contributed by atoms with Gasteiger partial charge < -0.3 is 5.11 Å². The number of hydrogen-bond donors (Lipinski definition) is 1. The molecule has 1 N–H and O–H groups in total. The van der Waals surface area contributed by atoms with Gasteiger partial charge in [0, 0.05) is 12.1 Å². The summed E-state index contributed by atoms with van der Waals surface area (Å²) in [4.78, 5) is 10.3. The van der Waals surface area contributed by atoms with E-state index in [2.05, 4.69) is 15.3 Å². The predicted molar refractivity (Wildman–Crippen MR) is 92.0 cm³/mol. The van der Waals surface area contributed by atoms with Crippen LogP contribution in [0.5, 0.6) is 5.88 Å². The molecule has 0 aliphatic carbocycles. The molecule has 0 atom stereocenters. The summed E-state index contributed by atoms with van der Waals surface area (Å²) in [5, 5.41) is 33.4. The maximum atomic E-state index is 10.8. The van der Waals surface area contributed by atoms with Crippen LogP contribution in [0.3, 0.4) is 0 Å². The van der Waals surface area contributed by atoms with E-state index < -0.39 is 4.92 Å². The predicted octanol–water partition coefficient (Wildman–Crippen LogP) is 4.52. The Morgan fingerprint density at radius 1 is 1.12 bits per heavy atom. The summed E-state index contributed by atoms with van der Waals surface area (Å²) in [6.45, 7) is 3.67. The number of non-ortho nitro benzene ring substituents is 1. The summed E-state index contributed by atoms with van der Waals surface area (Å²) >= 11 is 0. The van der Waals surface area contributed by atoms with Gasteiger partial charge in [0.05, 0.1) is 22.0 Å². The van der Waals surface area contributed by atoms with Crippen molar-refractivity contribution < 1.29 is 10.0 Å². The second-order valence-corrected chi connectivity index (χ2v) is 5.48. The number of nitro benzene ring substituents is 1. The third-order valence-electron chi connectivity index (χ3n) is 3.59. The van der Waals surface area contributed by atoms with E-state index in [0.717, 1.165) is 5.56 Å². The highest BCUT2D eigenvalue weighted by atomic mass is 16.6. The molecule has 0 fully saturated rings. The molecule has 0 spiro atoms. The number of nitrogens with zero attached hydrogens (tertiary/aromatic N) is 5. The van der Waals surface area contributed by atoms with E-state index in [-0.39, 0.29) is 17.3 Å². The van der Waals surface area contributed by atoms with Crippen LogP contribution in [0.15, 0.2) is 58.8 Å².